The van der Waals surface area contributed by atoms with Crippen molar-refractivity contribution < 1.29 is 13.2 Å². The second kappa shape index (κ2) is 9.53. The van der Waals surface area contributed by atoms with Crippen LogP contribution in [0.25, 0.3) is 0 Å². The fraction of sp³-hybridized carbons (Fsp3) is 0.571. The Bertz CT molecular complexity index is 535. The maximum Gasteiger partial charge on any atom is 0.241 e. The van der Waals surface area contributed by atoms with Gasteiger partial charge in [-0.25, -0.2) is 13.1 Å². The molecule has 1 rings (SSSR count). The number of halogens is 1. The smallest absolute Gasteiger partial charge is 0.241 e. The molecule has 0 unspecified atom stereocenters. The minimum Gasteiger partial charge on any atom is -0.380 e. The van der Waals surface area contributed by atoms with E-state index in [1.807, 2.05) is 13.0 Å². The zero-order valence-electron chi connectivity index (χ0n) is 12.5. The van der Waals surface area contributed by atoms with Gasteiger partial charge in [0.15, 0.2) is 0 Å². The van der Waals surface area contributed by atoms with E-state index in [9.17, 15) is 8.42 Å². The standard InChI is InChI=1S/C14H23BrN2O3S/c1-3-7-16-11-12-5-6-13(15)14(10-12)21(18,19)17-8-9-20-4-2/h5-6,10,16-17H,3-4,7-9,11H2,1-2H3. The van der Waals surface area contributed by atoms with E-state index in [4.69, 9.17) is 4.74 Å². The molecular weight excluding hydrogens is 356 g/mol. The molecule has 0 radical (unpaired) electrons. The van der Waals surface area contributed by atoms with E-state index in [1.165, 1.54) is 0 Å². The Labute approximate surface area is 135 Å². The summed E-state index contributed by atoms with van der Waals surface area (Å²) >= 11 is 3.30. The summed E-state index contributed by atoms with van der Waals surface area (Å²) in [5, 5.41) is 3.26. The van der Waals surface area contributed by atoms with E-state index >= 15 is 0 Å². The average Bonchev–Trinajstić information content (AvgIpc) is 2.45. The predicted octanol–water partition coefficient (Wildman–Crippen LogP) is 2.26. The summed E-state index contributed by atoms with van der Waals surface area (Å²) in [6, 6.07) is 5.36. The molecule has 0 aliphatic rings. The highest BCUT2D eigenvalue weighted by atomic mass is 79.9. The number of nitrogens with one attached hydrogen (secondary N) is 2. The number of ether oxygens (including phenoxy) is 1. The van der Waals surface area contributed by atoms with Gasteiger partial charge in [-0.05, 0) is 53.5 Å². The molecule has 21 heavy (non-hydrogen) atoms. The van der Waals surface area contributed by atoms with Crippen LogP contribution in [0.15, 0.2) is 27.6 Å². The first kappa shape index (κ1) is 18.6. The van der Waals surface area contributed by atoms with Gasteiger partial charge in [0, 0.05) is 24.2 Å². The lowest BCUT2D eigenvalue weighted by Crippen LogP contribution is -2.28. The summed E-state index contributed by atoms with van der Waals surface area (Å²) in [6.07, 6.45) is 1.04. The molecule has 0 saturated carbocycles. The monoisotopic (exact) mass is 378 g/mol. The van der Waals surface area contributed by atoms with Gasteiger partial charge >= 0.3 is 0 Å². The molecule has 0 bridgehead atoms. The van der Waals surface area contributed by atoms with Gasteiger partial charge in [-0.1, -0.05) is 13.0 Å². The van der Waals surface area contributed by atoms with Crippen molar-refractivity contribution in [1.29, 1.82) is 0 Å². The number of benzene rings is 1. The van der Waals surface area contributed by atoms with Crippen molar-refractivity contribution in [2.24, 2.45) is 0 Å². The summed E-state index contributed by atoms with van der Waals surface area (Å²) in [5.41, 5.74) is 0.942. The Morgan fingerprint density at radius 1 is 1.24 bits per heavy atom. The van der Waals surface area contributed by atoms with Crippen molar-refractivity contribution in [1.82, 2.24) is 10.0 Å². The summed E-state index contributed by atoms with van der Waals surface area (Å²) in [6.45, 7) is 6.73. The SMILES string of the molecule is CCCNCc1ccc(Br)c(S(=O)(=O)NCCOCC)c1. The minimum atomic E-state index is -3.53. The summed E-state index contributed by atoms with van der Waals surface area (Å²) < 4.78 is 32.8. The van der Waals surface area contributed by atoms with Crippen LogP contribution < -0.4 is 10.0 Å². The van der Waals surface area contributed by atoms with Crippen molar-refractivity contribution >= 4 is 26.0 Å². The Balaban J connectivity index is 2.77. The maximum absolute atomic E-state index is 12.3. The van der Waals surface area contributed by atoms with Crippen LogP contribution in [0.5, 0.6) is 0 Å². The number of hydrogen-bond acceptors (Lipinski definition) is 4. The average molecular weight is 379 g/mol. The Hall–Kier alpha value is -0.470. The second-order valence-electron chi connectivity index (χ2n) is 4.54. The third-order valence-corrected chi connectivity index (χ3v) is 5.24. The van der Waals surface area contributed by atoms with E-state index in [0.717, 1.165) is 18.5 Å². The molecule has 1 aromatic carbocycles. The molecule has 0 aliphatic carbocycles. The largest absolute Gasteiger partial charge is 0.380 e. The minimum absolute atomic E-state index is 0.259. The first-order valence-electron chi connectivity index (χ1n) is 7.07. The van der Waals surface area contributed by atoms with E-state index in [-0.39, 0.29) is 11.4 Å². The molecule has 0 aromatic heterocycles. The van der Waals surface area contributed by atoms with Crippen molar-refractivity contribution in [3.8, 4) is 0 Å². The van der Waals surface area contributed by atoms with Gasteiger partial charge in [-0.2, -0.15) is 0 Å². The molecule has 0 atom stereocenters. The maximum atomic E-state index is 12.3. The first-order valence-corrected chi connectivity index (χ1v) is 9.35. The lowest BCUT2D eigenvalue weighted by Gasteiger charge is -2.11. The quantitative estimate of drug-likeness (QED) is 0.612. The molecule has 5 nitrogen and oxygen atoms in total. The molecule has 120 valence electrons. The lowest BCUT2D eigenvalue weighted by molar-refractivity contribution is 0.153. The van der Waals surface area contributed by atoms with Crippen LogP contribution in [-0.4, -0.2) is 34.7 Å². The van der Waals surface area contributed by atoms with Crippen molar-refractivity contribution in [3.05, 3.63) is 28.2 Å². The molecule has 0 aliphatic heterocycles. The van der Waals surface area contributed by atoms with Gasteiger partial charge in [0.1, 0.15) is 0 Å². The zero-order chi connectivity index (χ0) is 15.7. The normalized spacial score (nSPS) is 11.8. The van der Waals surface area contributed by atoms with Gasteiger partial charge in [0.2, 0.25) is 10.0 Å². The lowest BCUT2D eigenvalue weighted by atomic mass is 10.2. The highest BCUT2D eigenvalue weighted by Gasteiger charge is 2.17. The molecule has 0 saturated heterocycles. The third-order valence-electron chi connectivity index (χ3n) is 2.78. The molecule has 0 amide bonds. The molecule has 1 aromatic rings. The van der Waals surface area contributed by atoms with Gasteiger partial charge < -0.3 is 10.1 Å². The van der Waals surface area contributed by atoms with Gasteiger partial charge in [0.05, 0.1) is 11.5 Å². The van der Waals surface area contributed by atoms with Crippen molar-refractivity contribution in [2.45, 2.75) is 31.7 Å². The highest BCUT2D eigenvalue weighted by molar-refractivity contribution is 9.10. The number of hydrogen-bond donors (Lipinski definition) is 2. The van der Waals surface area contributed by atoms with Crippen LogP contribution in [0.2, 0.25) is 0 Å². The Kier molecular flexibility index (Phi) is 8.43. The van der Waals surface area contributed by atoms with E-state index in [0.29, 0.717) is 24.2 Å². The van der Waals surface area contributed by atoms with Crippen molar-refractivity contribution in [2.75, 3.05) is 26.3 Å². The molecule has 0 fully saturated rings. The molecule has 7 heteroatoms. The van der Waals surface area contributed by atoms with Crippen molar-refractivity contribution in [3.63, 3.8) is 0 Å². The van der Waals surface area contributed by atoms with E-state index < -0.39 is 10.0 Å². The Morgan fingerprint density at radius 3 is 2.67 bits per heavy atom. The van der Waals surface area contributed by atoms with Crippen LogP contribution in [0.1, 0.15) is 25.8 Å². The third kappa shape index (κ3) is 6.44. The second-order valence-corrected chi connectivity index (χ2v) is 7.13. The van der Waals surface area contributed by atoms with Gasteiger partial charge in [-0.3, -0.25) is 0 Å². The zero-order valence-corrected chi connectivity index (χ0v) is 14.9. The van der Waals surface area contributed by atoms with Crippen LogP contribution in [-0.2, 0) is 21.3 Å². The van der Waals surface area contributed by atoms with Gasteiger partial charge in [-0.15, -0.1) is 0 Å². The van der Waals surface area contributed by atoms with Crippen LogP contribution >= 0.6 is 15.9 Å². The topological polar surface area (TPSA) is 67.4 Å². The molecular formula is C14H23BrN2O3S. The molecule has 2 N–H and O–H groups in total. The van der Waals surface area contributed by atoms with Crippen LogP contribution in [0, 0.1) is 0 Å². The number of sulfonamides is 1. The fourth-order valence-corrected chi connectivity index (χ4v) is 3.77. The van der Waals surface area contributed by atoms with E-state index in [1.54, 1.807) is 12.1 Å². The van der Waals surface area contributed by atoms with Gasteiger partial charge in [0.25, 0.3) is 0 Å². The fourth-order valence-electron chi connectivity index (χ4n) is 1.74. The molecule has 0 heterocycles. The highest BCUT2D eigenvalue weighted by Crippen LogP contribution is 2.23. The van der Waals surface area contributed by atoms with Crippen LogP contribution in [0.4, 0.5) is 0 Å². The Morgan fingerprint density at radius 2 is 2.00 bits per heavy atom. The van der Waals surface area contributed by atoms with Crippen LogP contribution in [0.3, 0.4) is 0 Å². The molecule has 0 spiro atoms. The summed E-state index contributed by atoms with van der Waals surface area (Å²) in [5.74, 6) is 0. The predicted molar refractivity (Wildman–Crippen MR) is 87.8 cm³/mol. The van der Waals surface area contributed by atoms with E-state index in [2.05, 4.69) is 32.9 Å². The summed E-state index contributed by atoms with van der Waals surface area (Å²) in [7, 11) is -3.53. The summed E-state index contributed by atoms with van der Waals surface area (Å²) in [4.78, 5) is 0.259. The first-order chi connectivity index (χ1) is 10.0. The number of rotatable bonds is 10.